The molecule has 0 unspecified atom stereocenters. The summed E-state index contributed by atoms with van der Waals surface area (Å²) < 4.78 is 1.73. The Kier molecular flexibility index (Phi) is 4.53. The Balaban J connectivity index is 2.38. The van der Waals surface area contributed by atoms with Gasteiger partial charge >= 0.3 is 5.97 Å². The van der Waals surface area contributed by atoms with Gasteiger partial charge in [-0.3, -0.25) is 14.9 Å². The highest BCUT2D eigenvalue weighted by Crippen LogP contribution is 2.26. The molecule has 0 aliphatic rings. The summed E-state index contributed by atoms with van der Waals surface area (Å²) in [5.41, 5.74) is 0.540. The van der Waals surface area contributed by atoms with Crippen LogP contribution in [-0.4, -0.2) is 36.5 Å². The van der Waals surface area contributed by atoms with Gasteiger partial charge in [0.05, 0.1) is 10.7 Å². The first kappa shape index (κ1) is 15.0. The summed E-state index contributed by atoms with van der Waals surface area (Å²) >= 11 is 1.06. The van der Waals surface area contributed by atoms with Crippen LogP contribution in [-0.2, 0) is 11.3 Å². The zero-order valence-electron chi connectivity index (χ0n) is 11.1. The highest BCUT2D eigenvalue weighted by atomic mass is 32.2. The molecule has 0 saturated carbocycles. The van der Waals surface area contributed by atoms with Crippen LogP contribution in [0.5, 0.6) is 0 Å². The summed E-state index contributed by atoms with van der Waals surface area (Å²) in [6, 6.07) is 6.10. The lowest BCUT2D eigenvalue weighted by Crippen LogP contribution is -2.03. The van der Waals surface area contributed by atoms with Crippen molar-refractivity contribution in [3.05, 3.63) is 34.4 Å². The maximum atomic E-state index is 10.8. The van der Waals surface area contributed by atoms with Gasteiger partial charge < -0.3 is 9.67 Å². The second kappa shape index (κ2) is 6.35. The normalized spacial score (nSPS) is 10.5. The Bertz CT molecular complexity index is 686. The Morgan fingerprint density at radius 3 is 2.86 bits per heavy atom. The average molecular weight is 308 g/mol. The molecule has 9 heteroatoms. The number of rotatable bonds is 6. The van der Waals surface area contributed by atoms with Crippen LogP contribution in [0.15, 0.2) is 29.4 Å². The monoisotopic (exact) mass is 308 g/mol. The van der Waals surface area contributed by atoms with E-state index in [4.69, 9.17) is 5.11 Å². The number of carbonyl (C=O) groups is 1. The summed E-state index contributed by atoms with van der Waals surface area (Å²) in [5.74, 6) is -0.579. The van der Waals surface area contributed by atoms with Gasteiger partial charge in [-0.05, 0) is 6.92 Å². The highest BCUT2D eigenvalue weighted by molar-refractivity contribution is 7.99. The van der Waals surface area contributed by atoms with E-state index in [2.05, 4.69) is 10.2 Å². The number of carboxylic acid groups (broad SMARTS) is 1. The van der Waals surface area contributed by atoms with Gasteiger partial charge in [-0.15, -0.1) is 10.2 Å². The molecule has 0 bridgehead atoms. The predicted octanol–water partition coefficient (Wildman–Crippen LogP) is 2.05. The SMILES string of the molecule is CCn1c(SCC(=O)O)nnc1-c1cccc([N+](=O)[O-])c1. The molecular formula is C12H12N4O4S. The Labute approximate surface area is 124 Å². The minimum atomic E-state index is -0.942. The predicted molar refractivity (Wildman–Crippen MR) is 76.1 cm³/mol. The number of carboxylic acids is 1. The largest absolute Gasteiger partial charge is 0.481 e. The van der Waals surface area contributed by atoms with Gasteiger partial charge in [0, 0.05) is 24.2 Å². The zero-order valence-corrected chi connectivity index (χ0v) is 11.9. The molecule has 0 aliphatic carbocycles. The van der Waals surface area contributed by atoms with Crippen LogP contribution < -0.4 is 0 Å². The summed E-state index contributed by atoms with van der Waals surface area (Å²) in [4.78, 5) is 21.0. The quantitative estimate of drug-likeness (QED) is 0.494. The third-order valence-electron chi connectivity index (χ3n) is 2.67. The van der Waals surface area contributed by atoms with Crippen molar-refractivity contribution in [2.75, 3.05) is 5.75 Å². The van der Waals surface area contributed by atoms with Crippen LogP contribution in [0.25, 0.3) is 11.4 Å². The van der Waals surface area contributed by atoms with E-state index < -0.39 is 10.9 Å². The number of aliphatic carboxylic acids is 1. The van der Waals surface area contributed by atoms with Crippen molar-refractivity contribution >= 4 is 23.4 Å². The van der Waals surface area contributed by atoms with Crippen molar-refractivity contribution in [1.29, 1.82) is 0 Å². The van der Waals surface area contributed by atoms with E-state index in [1.807, 2.05) is 6.92 Å². The molecule has 0 atom stereocenters. The number of aromatic nitrogens is 3. The van der Waals surface area contributed by atoms with E-state index >= 15 is 0 Å². The van der Waals surface area contributed by atoms with Gasteiger partial charge in [-0.25, -0.2) is 0 Å². The number of nitro benzene ring substituents is 1. The van der Waals surface area contributed by atoms with Crippen molar-refractivity contribution in [2.24, 2.45) is 0 Å². The van der Waals surface area contributed by atoms with E-state index in [1.165, 1.54) is 12.1 Å². The second-order valence-corrected chi connectivity index (χ2v) is 4.98. The average Bonchev–Trinajstić information content (AvgIpc) is 2.88. The number of non-ortho nitro benzene ring substituents is 1. The number of hydrogen-bond acceptors (Lipinski definition) is 6. The molecule has 0 saturated heterocycles. The van der Waals surface area contributed by atoms with Crippen molar-refractivity contribution in [3.8, 4) is 11.4 Å². The zero-order chi connectivity index (χ0) is 15.4. The van der Waals surface area contributed by atoms with Gasteiger partial charge in [-0.2, -0.15) is 0 Å². The second-order valence-electron chi connectivity index (χ2n) is 4.04. The van der Waals surface area contributed by atoms with Gasteiger partial charge in [-0.1, -0.05) is 23.9 Å². The van der Waals surface area contributed by atoms with E-state index in [0.717, 1.165) is 11.8 Å². The molecule has 0 aliphatic heterocycles. The molecule has 2 aromatic rings. The first-order chi connectivity index (χ1) is 10.0. The molecule has 1 heterocycles. The molecule has 1 aromatic heterocycles. The first-order valence-corrected chi connectivity index (χ1v) is 7.04. The van der Waals surface area contributed by atoms with Crippen LogP contribution in [0, 0.1) is 10.1 Å². The Morgan fingerprint density at radius 2 is 2.24 bits per heavy atom. The number of nitrogens with zero attached hydrogens (tertiary/aromatic N) is 4. The fourth-order valence-corrected chi connectivity index (χ4v) is 2.50. The van der Waals surface area contributed by atoms with E-state index in [0.29, 0.717) is 23.1 Å². The lowest BCUT2D eigenvalue weighted by atomic mass is 10.2. The summed E-state index contributed by atoms with van der Waals surface area (Å²) in [6.07, 6.45) is 0. The molecule has 0 amide bonds. The van der Waals surface area contributed by atoms with E-state index in [1.54, 1.807) is 16.7 Å². The molecule has 1 N–H and O–H groups in total. The molecule has 1 aromatic carbocycles. The molecule has 110 valence electrons. The minimum absolute atomic E-state index is 0.0297. The fraction of sp³-hybridized carbons (Fsp3) is 0.250. The number of nitro groups is 1. The van der Waals surface area contributed by atoms with Crippen LogP contribution >= 0.6 is 11.8 Å². The van der Waals surface area contributed by atoms with Gasteiger partial charge in [0.15, 0.2) is 11.0 Å². The molecule has 2 rings (SSSR count). The smallest absolute Gasteiger partial charge is 0.313 e. The number of benzene rings is 1. The molecule has 21 heavy (non-hydrogen) atoms. The number of thioether (sulfide) groups is 1. The Morgan fingerprint density at radius 1 is 1.48 bits per heavy atom. The lowest BCUT2D eigenvalue weighted by molar-refractivity contribution is -0.384. The van der Waals surface area contributed by atoms with E-state index in [9.17, 15) is 14.9 Å². The molecule has 0 fully saturated rings. The van der Waals surface area contributed by atoms with Crippen LogP contribution in [0.1, 0.15) is 6.92 Å². The van der Waals surface area contributed by atoms with Gasteiger partial charge in [0.25, 0.3) is 5.69 Å². The van der Waals surface area contributed by atoms with Crippen molar-refractivity contribution in [1.82, 2.24) is 14.8 Å². The van der Waals surface area contributed by atoms with Gasteiger partial charge in [0.2, 0.25) is 0 Å². The molecular weight excluding hydrogens is 296 g/mol. The highest BCUT2D eigenvalue weighted by Gasteiger charge is 2.16. The molecule has 8 nitrogen and oxygen atoms in total. The van der Waals surface area contributed by atoms with Gasteiger partial charge in [0.1, 0.15) is 0 Å². The van der Waals surface area contributed by atoms with Crippen LogP contribution in [0.4, 0.5) is 5.69 Å². The first-order valence-electron chi connectivity index (χ1n) is 6.05. The summed E-state index contributed by atoms with van der Waals surface area (Å²) in [5, 5.41) is 28.0. The third kappa shape index (κ3) is 3.37. The topological polar surface area (TPSA) is 111 Å². The molecule has 0 spiro atoms. The summed E-state index contributed by atoms with van der Waals surface area (Å²) in [6.45, 7) is 2.40. The fourth-order valence-electron chi connectivity index (χ4n) is 1.78. The van der Waals surface area contributed by atoms with Crippen molar-refractivity contribution in [3.63, 3.8) is 0 Å². The van der Waals surface area contributed by atoms with Crippen LogP contribution in [0.3, 0.4) is 0 Å². The van der Waals surface area contributed by atoms with Crippen molar-refractivity contribution in [2.45, 2.75) is 18.6 Å². The van der Waals surface area contributed by atoms with Crippen molar-refractivity contribution < 1.29 is 14.8 Å². The molecule has 0 radical (unpaired) electrons. The number of hydrogen-bond donors (Lipinski definition) is 1. The summed E-state index contributed by atoms with van der Waals surface area (Å²) in [7, 11) is 0. The minimum Gasteiger partial charge on any atom is -0.481 e. The third-order valence-corrected chi connectivity index (χ3v) is 3.62. The Hall–Kier alpha value is -2.42. The van der Waals surface area contributed by atoms with Crippen LogP contribution in [0.2, 0.25) is 0 Å². The lowest BCUT2D eigenvalue weighted by Gasteiger charge is -2.06. The standard InChI is InChI=1S/C12H12N4O4S/c1-2-15-11(13-14-12(15)21-7-10(17)18)8-4-3-5-9(6-8)16(19)20/h3-6H,2,7H2,1H3,(H,17,18). The maximum Gasteiger partial charge on any atom is 0.313 e. The van der Waals surface area contributed by atoms with E-state index in [-0.39, 0.29) is 11.4 Å². The maximum absolute atomic E-state index is 10.8.